The number of benzene rings is 2. The predicted octanol–water partition coefficient (Wildman–Crippen LogP) is 6.96. The number of nitrogens with two attached hydrogens (primary N) is 2. The molecular weight excluding hydrogens is 572 g/mol. The molecule has 0 fully saturated rings. The van der Waals surface area contributed by atoms with Gasteiger partial charge in [0.1, 0.15) is 11.2 Å². The van der Waals surface area contributed by atoms with Crippen LogP contribution >= 0.6 is 28.7 Å². The minimum absolute atomic E-state index is 0.211. The van der Waals surface area contributed by atoms with Gasteiger partial charge in [-0.1, -0.05) is 18.2 Å². The van der Waals surface area contributed by atoms with Gasteiger partial charge in [0.15, 0.2) is 0 Å². The molecular formula is C27H41BBrFN3O4S. The molecule has 2 aromatic carbocycles. The van der Waals surface area contributed by atoms with E-state index in [2.05, 4.69) is 40.7 Å². The first-order valence-electron chi connectivity index (χ1n) is 12.3. The molecule has 0 heterocycles. The molecule has 2 atom stereocenters. The molecule has 7 nitrogen and oxygen atoms in total. The Balaban J connectivity index is 0. The summed E-state index contributed by atoms with van der Waals surface area (Å²) in [7, 11) is 3.34. The van der Waals surface area contributed by atoms with Crippen LogP contribution in [-0.4, -0.2) is 37.9 Å². The van der Waals surface area contributed by atoms with Crippen LogP contribution in [0.25, 0.3) is 0 Å². The number of hydrogen-bond acceptors (Lipinski definition) is 8. The Labute approximate surface area is 243 Å². The fourth-order valence-electron chi connectivity index (χ4n) is 2.65. The van der Waals surface area contributed by atoms with Crippen LogP contribution in [0, 0.1) is 0 Å². The summed E-state index contributed by atoms with van der Waals surface area (Å²) >= 11 is 6.54. The van der Waals surface area contributed by atoms with Crippen LogP contribution in [0.5, 0.6) is 0 Å². The van der Waals surface area contributed by atoms with E-state index in [0.717, 1.165) is 15.6 Å². The summed E-state index contributed by atoms with van der Waals surface area (Å²) in [6.07, 6.45) is 0. The van der Waals surface area contributed by atoms with Gasteiger partial charge in [-0.15, -0.1) is 0 Å². The van der Waals surface area contributed by atoms with Crippen molar-refractivity contribution in [3.05, 3.63) is 58.1 Å². The van der Waals surface area contributed by atoms with Gasteiger partial charge in [0.2, 0.25) is 0 Å². The zero-order valence-corrected chi connectivity index (χ0v) is 25.9. The molecule has 0 saturated heterocycles. The van der Waals surface area contributed by atoms with Gasteiger partial charge < -0.3 is 20.9 Å². The number of esters is 2. The second-order valence-electron chi connectivity index (χ2n) is 10.1. The summed E-state index contributed by atoms with van der Waals surface area (Å²) in [5, 5.41) is 0. The number of halogens is 2. The summed E-state index contributed by atoms with van der Waals surface area (Å²) in [5.74, 6) is -1.00. The number of carbonyl (C=O) groups is 2. The zero-order chi connectivity index (χ0) is 31.0. The average molecular weight is 614 g/mol. The number of rotatable bonds is 4. The van der Waals surface area contributed by atoms with Gasteiger partial charge in [-0.05, 0) is 107 Å². The summed E-state index contributed by atoms with van der Waals surface area (Å²) in [5.41, 5.74) is 13.5. The van der Waals surface area contributed by atoms with Crippen molar-refractivity contribution in [1.29, 1.82) is 0 Å². The van der Waals surface area contributed by atoms with E-state index in [-0.39, 0.29) is 23.8 Å². The van der Waals surface area contributed by atoms with Gasteiger partial charge in [0.05, 0.1) is 20.4 Å². The number of thiol groups is 1. The number of ether oxygens (including phenoxy) is 2. The third kappa shape index (κ3) is 16.4. The monoisotopic (exact) mass is 613 g/mol. The third-order valence-electron chi connectivity index (χ3n) is 4.48. The molecule has 11 heteroatoms. The second kappa shape index (κ2) is 18.0. The quantitative estimate of drug-likeness (QED) is 0.148. The summed E-state index contributed by atoms with van der Waals surface area (Å²) in [4.78, 5) is 23.7. The molecule has 0 bridgehead atoms. The van der Waals surface area contributed by atoms with Crippen LogP contribution < -0.4 is 11.5 Å². The normalized spacial score (nSPS) is 12.3. The van der Waals surface area contributed by atoms with Gasteiger partial charge in [-0.25, -0.2) is 0 Å². The molecule has 211 valence electrons. The van der Waals surface area contributed by atoms with Crippen molar-refractivity contribution < 1.29 is 24.8 Å². The Morgan fingerprint density at radius 1 is 0.947 bits per heavy atom. The van der Waals surface area contributed by atoms with E-state index in [4.69, 9.17) is 22.3 Å². The standard InChI is InChI=1S/C13H18BrNO2.C13H19NO2.CH3F.BHNS/c1-8(12(16)17-13(2,3)4)9-5-6-11(15)10(14)7-9;1-9(12(15)16-13(2,3)4)10-5-7-11(14)8-6-10;1-2;1-2-3/h5-8H,15H2,1-4H3;5-9H,14H2,1-4H3;1H3;3H/i;;1D;. The van der Waals surface area contributed by atoms with E-state index < -0.39 is 18.4 Å². The van der Waals surface area contributed by atoms with Crippen LogP contribution in [0.2, 0.25) is 0 Å². The molecule has 38 heavy (non-hydrogen) atoms. The van der Waals surface area contributed by atoms with E-state index in [0.29, 0.717) is 11.4 Å². The number of nitrogen functional groups attached to an aromatic ring is 2. The van der Waals surface area contributed by atoms with E-state index >= 15 is 0 Å². The van der Waals surface area contributed by atoms with Crippen molar-refractivity contribution in [3.8, 4) is 0 Å². The van der Waals surface area contributed by atoms with Crippen LogP contribution in [0.3, 0.4) is 0 Å². The number of hydrogen-bond donors (Lipinski definition) is 3. The number of carbonyl (C=O) groups excluding carboxylic acids is 2. The van der Waals surface area contributed by atoms with Crippen molar-refractivity contribution in [2.45, 2.75) is 78.4 Å². The maximum atomic E-state index is 11.9. The van der Waals surface area contributed by atoms with Crippen molar-refractivity contribution in [2.24, 2.45) is 4.30 Å². The van der Waals surface area contributed by atoms with Crippen LogP contribution in [0.4, 0.5) is 15.8 Å². The fourth-order valence-corrected chi connectivity index (χ4v) is 3.05. The topological polar surface area (TPSA) is 117 Å². The van der Waals surface area contributed by atoms with E-state index in [1.54, 1.807) is 18.2 Å². The minimum atomic E-state index is -1.00. The van der Waals surface area contributed by atoms with Gasteiger partial charge in [-0.2, -0.15) is 0 Å². The maximum absolute atomic E-state index is 11.9. The second-order valence-corrected chi connectivity index (χ2v) is 11.2. The molecule has 2 rings (SSSR count). The first-order chi connectivity index (χ1) is 17.8. The molecule has 4 N–H and O–H groups in total. The van der Waals surface area contributed by atoms with Crippen LogP contribution in [0.15, 0.2) is 51.2 Å². The summed E-state index contributed by atoms with van der Waals surface area (Å²) in [6, 6.07) is 12.7. The zero-order valence-electron chi connectivity index (χ0n) is 24.4. The van der Waals surface area contributed by atoms with Crippen LogP contribution in [0.1, 0.15) is 79.7 Å². The van der Waals surface area contributed by atoms with Gasteiger partial charge in [-0.3, -0.25) is 14.0 Å². The number of alkyl halides is 1. The average Bonchev–Trinajstić information content (AvgIpc) is 2.80. The van der Waals surface area contributed by atoms with E-state index in [9.17, 15) is 14.0 Å². The van der Waals surface area contributed by atoms with Crippen molar-refractivity contribution >= 4 is 59.7 Å². The Kier molecular flexibility index (Phi) is 16.9. The Morgan fingerprint density at radius 3 is 1.63 bits per heavy atom. The molecule has 0 aliphatic carbocycles. The molecule has 0 aromatic heterocycles. The van der Waals surface area contributed by atoms with Crippen LogP contribution in [-0.2, 0) is 19.1 Å². The fraction of sp³-hybridized carbons (Fsp3) is 0.481. The van der Waals surface area contributed by atoms with Crippen molar-refractivity contribution in [1.82, 2.24) is 0 Å². The van der Waals surface area contributed by atoms with E-state index in [1.165, 1.54) is 0 Å². The SMILES string of the molecule is CC(C(=O)OC(C)(C)C)c1ccc(N)c(Br)c1.CC(C(=O)OC(C)(C)C)c1ccc(N)cc1.[2H]CF.[B]=NS. The molecule has 2 unspecified atom stereocenters. The molecule has 0 aliphatic rings. The van der Waals surface area contributed by atoms with E-state index in [1.807, 2.05) is 79.7 Å². The Morgan fingerprint density at radius 2 is 1.29 bits per heavy atom. The summed E-state index contributed by atoms with van der Waals surface area (Å²) < 4.78 is 29.6. The van der Waals surface area contributed by atoms with Gasteiger partial charge in [0.25, 0.3) is 0 Å². The van der Waals surface area contributed by atoms with Gasteiger partial charge in [0, 0.05) is 15.8 Å². The molecule has 0 aliphatic heterocycles. The molecule has 1 radical (unpaired) electrons. The van der Waals surface area contributed by atoms with Crippen molar-refractivity contribution in [2.75, 3.05) is 18.6 Å². The Bertz CT molecular complexity index is 1040. The first-order valence-corrected chi connectivity index (χ1v) is 12.8. The first kappa shape index (κ1) is 35.6. The Hall–Kier alpha value is -2.40. The third-order valence-corrected chi connectivity index (χ3v) is 5.17. The molecule has 0 saturated carbocycles. The predicted molar refractivity (Wildman–Crippen MR) is 162 cm³/mol. The molecule has 2 aromatic rings. The summed E-state index contributed by atoms with van der Waals surface area (Å²) in [6.45, 7) is 14.8. The molecule has 0 amide bonds. The van der Waals surface area contributed by atoms with Crippen molar-refractivity contribution in [3.63, 3.8) is 0 Å². The number of nitrogens with zero attached hydrogens (tertiary/aromatic N) is 1. The van der Waals surface area contributed by atoms with Gasteiger partial charge >= 0.3 is 36.7 Å². The number of anilines is 2. The molecule has 0 spiro atoms.